The van der Waals surface area contributed by atoms with E-state index < -0.39 is 12.0 Å². The molecule has 7 heteroatoms. The fourth-order valence-corrected chi connectivity index (χ4v) is 3.29. The molecule has 0 saturated carbocycles. The van der Waals surface area contributed by atoms with E-state index in [9.17, 15) is 9.59 Å². The van der Waals surface area contributed by atoms with Crippen LogP contribution in [0.4, 0.5) is 0 Å². The van der Waals surface area contributed by atoms with Crippen molar-refractivity contribution in [3.05, 3.63) is 29.3 Å². The van der Waals surface area contributed by atoms with Crippen molar-refractivity contribution in [2.75, 3.05) is 24.7 Å². The number of carboxylic acid groups (broad SMARTS) is 1. The van der Waals surface area contributed by atoms with Gasteiger partial charge in [0.05, 0.1) is 18.1 Å². The minimum absolute atomic E-state index is 0.139. The van der Waals surface area contributed by atoms with Crippen LogP contribution >= 0.6 is 23.4 Å². The Labute approximate surface area is 132 Å². The van der Waals surface area contributed by atoms with E-state index in [2.05, 4.69) is 0 Å². The molecule has 1 aliphatic heterocycles. The van der Waals surface area contributed by atoms with Gasteiger partial charge in [0.15, 0.2) is 0 Å². The van der Waals surface area contributed by atoms with Gasteiger partial charge in [-0.25, -0.2) is 4.79 Å². The number of nitrogens with zero attached hydrogens (tertiary/aromatic N) is 1. The molecule has 1 saturated heterocycles. The zero-order valence-electron chi connectivity index (χ0n) is 11.3. The highest BCUT2D eigenvalue weighted by Crippen LogP contribution is 2.23. The molecule has 5 nitrogen and oxygen atoms in total. The van der Waals surface area contributed by atoms with E-state index in [1.165, 1.54) is 4.90 Å². The van der Waals surface area contributed by atoms with Crippen LogP contribution < -0.4 is 4.74 Å². The van der Waals surface area contributed by atoms with Crippen molar-refractivity contribution in [1.29, 1.82) is 0 Å². The van der Waals surface area contributed by atoms with Gasteiger partial charge < -0.3 is 14.7 Å². The summed E-state index contributed by atoms with van der Waals surface area (Å²) < 4.78 is 5.46. The lowest BCUT2D eigenvalue weighted by molar-refractivity contribution is -0.149. The molecule has 114 valence electrons. The maximum absolute atomic E-state index is 12.1. The SMILES string of the molecule is O=C(O)C1CSCCN1C(=O)CCOc1ccccc1Cl. The Morgan fingerprint density at radius 2 is 2.19 bits per heavy atom. The van der Waals surface area contributed by atoms with Crippen LogP contribution in [0.25, 0.3) is 0 Å². The summed E-state index contributed by atoms with van der Waals surface area (Å²) in [6.45, 7) is 0.644. The Morgan fingerprint density at radius 3 is 2.90 bits per heavy atom. The number of carbonyl (C=O) groups is 2. The monoisotopic (exact) mass is 329 g/mol. The van der Waals surface area contributed by atoms with Gasteiger partial charge in [0, 0.05) is 18.1 Å². The number of thioether (sulfide) groups is 1. The zero-order chi connectivity index (χ0) is 15.2. The van der Waals surface area contributed by atoms with Crippen LogP contribution in [0.15, 0.2) is 24.3 Å². The number of carboxylic acids is 1. The second-order valence-electron chi connectivity index (χ2n) is 4.54. The molecule has 0 radical (unpaired) electrons. The summed E-state index contributed by atoms with van der Waals surface area (Å²) in [5.41, 5.74) is 0. The molecule has 2 rings (SSSR count). The second-order valence-corrected chi connectivity index (χ2v) is 6.10. The third-order valence-electron chi connectivity index (χ3n) is 3.14. The van der Waals surface area contributed by atoms with E-state index in [1.54, 1.807) is 36.0 Å². The fourth-order valence-electron chi connectivity index (χ4n) is 2.06. The third-order valence-corrected chi connectivity index (χ3v) is 4.48. The van der Waals surface area contributed by atoms with E-state index in [0.717, 1.165) is 5.75 Å². The minimum Gasteiger partial charge on any atom is -0.491 e. The minimum atomic E-state index is -0.956. The van der Waals surface area contributed by atoms with Crippen LogP contribution in [-0.2, 0) is 9.59 Å². The molecule has 0 bridgehead atoms. The molecule has 0 aliphatic carbocycles. The van der Waals surface area contributed by atoms with Crippen molar-refractivity contribution < 1.29 is 19.4 Å². The van der Waals surface area contributed by atoms with Gasteiger partial charge in [0.1, 0.15) is 11.8 Å². The summed E-state index contributed by atoms with van der Waals surface area (Å²) in [5, 5.41) is 9.63. The van der Waals surface area contributed by atoms with Gasteiger partial charge in [-0.05, 0) is 12.1 Å². The van der Waals surface area contributed by atoms with Crippen LogP contribution in [0.2, 0.25) is 5.02 Å². The maximum atomic E-state index is 12.1. The topological polar surface area (TPSA) is 66.8 Å². The smallest absolute Gasteiger partial charge is 0.327 e. The second kappa shape index (κ2) is 7.56. The van der Waals surface area contributed by atoms with Crippen molar-refractivity contribution >= 4 is 35.2 Å². The Balaban J connectivity index is 1.86. The molecule has 21 heavy (non-hydrogen) atoms. The maximum Gasteiger partial charge on any atom is 0.327 e. The van der Waals surface area contributed by atoms with E-state index in [-0.39, 0.29) is 18.9 Å². The molecule has 0 aromatic heterocycles. The lowest BCUT2D eigenvalue weighted by Gasteiger charge is -2.32. The molecular weight excluding hydrogens is 314 g/mol. The van der Waals surface area contributed by atoms with Crippen molar-refractivity contribution in [3.8, 4) is 5.75 Å². The van der Waals surface area contributed by atoms with Crippen molar-refractivity contribution in [1.82, 2.24) is 4.90 Å². The van der Waals surface area contributed by atoms with Crippen LogP contribution in [0.3, 0.4) is 0 Å². The van der Waals surface area contributed by atoms with E-state index in [4.69, 9.17) is 21.4 Å². The summed E-state index contributed by atoms with van der Waals surface area (Å²) in [7, 11) is 0. The zero-order valence-corrected chi connectivity index (χ0v) is 12.9. The average Bonchev–Trinajstić information content (AvgIpc) is 2.49. The molecule has 1 aromatic carbocycles. The van der Waals surface area contributed by atoms with Crippen molar-refractivity contribution in [2.24, 2.45) is 0 Å². The molecule has 1 N–H and O–H groups in total. The van der Waals surface area contributed by atoms with Crippen molar-refractivity contribution in [2.45, 2.75) is 12.5 Å². The highest BCUT2D eigenvalue weighted by Gasteiger charge is 2.31. The summed E-state index contributed by atoms with van der Waals surface area (Å²) in [6, 6.07) is 6.29. The number of carbonyl (C=O) groups excluding carboxylic acids is 1. The highest BCUT2D eigenvalue weighted by atomic mass is 35.5. The fraction of sp³-hybridized carbons (Fsp3) is 0.429. The number of amides is 1. The Morgan fingerprint density at radius 1 is 1.43 bits per heavy atom. The van der Waals surface area contributed by atoms with E-state index in [1.807, 2.05) is 0 Å². The number of hydrogen-bond donors (Lipinski definition) is 1. The first-order valence-electron chi connectivity index (χ1n) is 6.57. The number of para-hydroxylation sites is 1. The number of benzene rings is 1. The number of aliphatic carboxylic acids is 1. The molecule has 0 spiro atoms. The van der Waals surface area contributed by atoms with Gasteiger partial charge in [-0.2, -0.15) is 11.8 Å². The third kappa shape index (κ3) is 4.28. The summed E-state index contributed by atoms with van der Waals surface area (Å²) in [6.07, 6.45) is 0.139. The highest BCUT2D eigenvalue weighted by molar-refractivity contribution is 7.99. The van der Waals surface area contributed by atoms with E-state index >= 15 is 0 Å². The van der Waals surface area contributed by atoms with Crippen LogP contribution in [0.5, 0.6) is 5.75 Å². The van der Waals surface area contributed by atoms with Crippen molar-refractivity contribution in [3.63, 3.8) is 0 Å². The van der Waals surface area contributed by atoms with Gasteiger partial charge >= 0.3 is 5.97 Å². The average molecular weight is 330 g/mol. The number of ether oxygens (including phenoxy) is 1. The van der Waals surface area contributed by atoms with Crippen LogP contribution in [-0.4, -0.2) is 52.6 Å². The first-order chi connectivity index (χ1) is 10.1. The molecule has 1 unspecified atom stereocenters. The Bertz CT molecular complexity index is 525. The number of rotatable bonds is 5. The van der Waals surface area contributed by atoms with Gasteiger partial charge in [-0.1, -0.05) is 23.7 Å². The van der Waals surface area contributed by atoms with E-state index in [0.29, 0.717) is 23.1 Å². The molecule has 1 heterocycles. The van der Waals surface area contributed by atoms with Gasteiger partial charge in [0.25, 0.3) is 0 Å². The lowest BCUT2D eigenvalue weighted by atomic mass is 10.2. The molecular formula is C14H16ClNO4S. The van der Waals surface area contributed by atoms with Crippen LogP contribution in [0, 0.1) is 0 Å². The predicted octanol–water partition coefficient (Wildman–Crippen LogP) is 2.14. The number of hydrogen-bond acceptors (Lipinski definition) is 4. The molecule has 1 aromatic rings. The van der Waals surface area contributed by atoms with Gasteiger partial charge in [-0.3, -0.25) is 4.79 Å². The molecule has 1 aliphatic rings. The largest absolute Gasteiger partial charge is 0.491 e. The lowest BCUT2D eigenvalue weighted by Crippen LogP contribution is -2.50. The van der Waals surface area contributed by atoms with Gasteiger partial charge in [0.2, 0.25) is 5.91 Å². The molecule has 1 atom stereocenters. The normalized spacial score (nSPS) is 18.3. The molecule has 1 amide bonds. The Kier molecular flexibility index (Phi) is 5.76. The number of halogens is 1. The Hall–Kier alpha value is -1.40. The van der Waals surface area contributed by atoms with Gasteiger partial charge in [-0.15, -0.1) is 0 Å². The summed E-state index contributed by atoms with van der Waals surface area (Å²) in [5.74, 6) is 0.570. The molecule has 1 fully saturated rings. The quantitative estimate of drug-likeness (QED) is 0.896. The van der Waals surface area contributed by atoms with Crippen LogP contribution in [0.1, 0.15) is 6.42 Å². The first kappa shape index (κ1) is 16.0. The first-order valence-corrected chi connectivity index (χ1v) is 8.10. The summed E-state index contributed by atoms with van der Waals surface area (Å²) >= 11 is 7.50. The summed E-state index contributed by atoms with van der Waals surface area (Å²) in [4.78, 5) is 24.7. The standard InChI is InChI=1S/C14H16ClNO4S/c15-10-3-1-2-4-12(10)20-7-5-13(17)16-6-8-21-9-11(16)14(18)19/h1-4,11H,5-9H2,(H,18,19). The predicted molar refractivity (Wildman–Crippen MR) is 82.0 cm³/mol.